The first-order chi connectivity index (χ1) is 11.8. The number of piperazine rings is 1. The number of carbonyl (C=O) groups excluding carboxylic acids is 1. The highest BCUT2D eigenvalue weighted by Crippen LogP contribution is 2.32. The van der Waals surface area contributed by atoms with E-state index in [1.807, 2.05) is 4.90 Å². The number of carbonyl (C=O) groups is 1. The Morgan fingerprint density at radius 2 is 1.68 bits per heavy atom. The number of rotatable bonds is 4. The third kappa shape index (κ3) is 5.05. The monoisotopic (exact) mass is 344 g/mol. The van der Waals surface area contributed by atoms with Crippen molar-refractivity contribution in [3.05, 3.63) is 35.4 Å². The highest BCUT2D eigenvalue weighted by molar-refractivity contribution is 5.78. The summed E-state index contributed by atoms with van der Waals surface area (Å²) in [6.07, 6.45) is 3.19. The molecule has 0 atom stereocenters. The van der Waals surface area contributed by atoms with Crippen molar-refractivity contribution in [3.8, 4) is 0 Å². The van der Waals surface area contributed by atoms with E-state index >= 15 is 0 Å². The molecule has 1 aromatic rings. The van der Waals surface area contributed by atoms with Crippen molar-refractivity contribution in [1.29, 1.82) is 0 Å². The molecule has 1 amide bonds. The summed E-state index contributed by atoms with van der Waals surface area (Å²) in [7, 11) is 0. The molecule has 4 heteroatoms. The van der Waals surface area contributed by atoms with Gasteiger partial charge in [-0.3, -0.25) is 9.69 Å². The van der Waals surface area contributed by atoms with Crippen molar-refractivity contribution in [2.75, 3.05) is 26.2 Å². The fourth-order valence-corrected chi connectivity index (χ4v) is 3.76. The first-order valence-electron chi connectivity index (χ1n) is 9.55. The summed E-state index contributed by atoms with van der Waals surface area (Å²) in [6.45, 7) is 12.1. The van der Waals surface area contributed by atoms with Crippen LogP contribution in [0.5, 0.6) is 0 Å². The number of aryl methyl sites for hydroxylation is 1. The Labute approximate surface area is 152 Å². The van der Waals surface area contributed by atoms with Crippen LogP contribution in [0.4, 0.5) is 0 Å². The smallest absolute Gasteiger partial charge is 0.227 e. The van der Waals surface area contributed by atoms with Crippen LogP contribution >= 0.6 is 0 Å². The van der Waals surface area contributed by atoms with Gasteiger partial charge in [-0.25, -0.2) is 0 Å². The lowest BCUT2D eigenvalue weighted by Gasteiger charge is -2.47. The lowest BCUT2D eigenvalue weighted by Crippen LogP contribution is -2.57. The molecule has 0 N–H and O–H groups in total. The maximum absolute atomic E-state index is 12.5. The van der Waals surface area contributed by atoms with Gasteiger partial charge in [0.25, 0.3) is 0 Å². The zero-order valence-electron chi connectivity index (χ0n) is 16.1. The van der Waals surface area contributed by atoms with E-state index in [1.54, 1.807) is 0 Å². The largest absolute Gasteiger partial charge is 0.373 e. The highest BCUT2D eigenvalue weighted by atomic mass is 16.5. The molecule has 0 bridgehead atoms. The van der Waals surface area contributed by atoms with Crippen molar-refractivity contribution in [2.24, 2.45) is 0 Å². The Balaban J connectivity index is 1.40. The maximum Gasteiger partial charge on any atom is 0.227 e. The number of benzene rings is 1. The van der Waals surface area contributed by atoms with E-state index in [9.17, 15) is 4.79 Å². The number of hydrogen-bond donors (Lipinski definition) is 0. The van der Waals surface area contributed by atoms with E-state index in [-0.39, 0.29) is 11.5 Å². The van der Waals surface area contributed by atoms with Crippen molar-refractivity contribution in [3.63, 3.8) is 0 Å². The van der Waals surface area contributed by atoms with Gasteiger partial charge in [0.15, 0.2) is 0 Å². The molecule has 1 saturated heterocycles. The van der Waals surface area contributed by atoms with Gasteiger partial charge in [0.2, 0.25) is 5.91 Å². The van der Waals surface area contributed by atoms with Gasteiger partial charge in [0.1, 0.15) is 0 Å². The van der Waals surface area contributed by atoms with E-state index in [4.69, 9.17) is 4.74 Å². The van der Waals surface area contributed by atoms with Gasteiger partial charge in [-0.1, -0.05) is 29.8 Å². The molecular weight excluding hydrogens is 312 g/mol. The van der Waals surface area contributed by atoms with Gasteiger partial charge in [-0.15, -0.1) is 0 Å². The minimum absolute atomic E-state index is 0.0449. The molecule has 2 aliphatic rings. The maximum atomic E-state index is 12.5. The topological polar surface area (TPSA) is 32.8 Å². The van der Waals surface area contributed by atoms with Crippen molar-refractivity contribution < 1.29 is 9.53 Å². The molecule has 0 spiro atoms. The third-order valence-electron chi connectivity index (χ3n) is 5.25. The van der Waals surface area contributed by atoms with E-state index in [2.05, 4.69) is 56.9 Å². The molecule has 25 heavy (non-hydrogen) atoms. The molecule has 0 radical (unpaired) electrons. The number of ether oxygens (including phenoxy) is 1. The van der Waals surface area contributed by atoms with Crippen LogP contribution < -0.4 is 0 Å². The lowest BCUT2D eigenvalue weighted by atomic mass is 9.86. The summed E-state index contributed by atoms with van der Waals surface area (Å²) >= 11 is 0. The quantitative estimate of drug-likeness (QED) is 0.842. The van der Waals surface area contributed by atoms with Crippen molar-refractivity contribution >= 4 is 5.91 Å². The van der Waals surface area contributed by atoms with Crippen LogP contribution in [0.2, 0.25) is 0 Å². The minimum Gasteiger partial charge on any atom is -0.373 e. The molecule has 1 aromatic carbocycles. The van der Waals surface area contributed by atoms with Gasteiger partial charge in [-0.2, -0.15) is 0 Å². The minimum atomic E-state index is -0.0449. The molecule has 2 fully saturated rings. The molecule has 1 saturated carbocycles. The van der Waals surface area contributed by atoms with E-state index in [1.165, 1.54) is 5.56 Å². The SMILES string of the molecule is Cc1ccc(CC(=O)N2CCN(C3CC(OC(C)(C)C)C3)CC2)cc1. The molecule has 1 aliphatic carbocycles. The third-order valence-corrected chi connectivity index (χ3v) is 5.25. The average molecular weight is 344 g/mol. The van der Waals surface area contributed by atoms with Crippen molar-refractivity contribution in [2.45, 2.75) is 64.7 Å². The molecule has 1 aliphatic heterocycles. The molecule has 138 valence electrons. The second-order valence-electron chi connectivity index (χ2n) is 8.56. The zero-order chi connectivity index (χ0) is 18.0. The van der Waals surface area contributed by atoms with Gasteiger partial charge in [0.05, 0.1) is 18.1 Å². The van der Waals surface area contributed by atoms with E-state index < -0.39 is 0 Å². The summed E-state index contributed by atoms with van der Waals surface area (Å²) in [5.74, 6) is 0.256. The van der Waals surface area contributed by atoms with Crippen LogP contribution in [0.3, 0.4) is 0 Å². The summed E-state index contributed by atoms with van der Waals surface area (Å²) < 4.78 is 6.04. The summed E-state index contributed by atoms with van der Waals surface area (Å²) in [4.78, 5) is 17.1. The highest BCUT2D eigenvalue weighted by Gasteiger charge is 2.37. The summed E-state index contributed by atoms with van der Waals surface area (Å²) in [5.41, 5.74) is 2.30. The van der Waals surface area contributed by atoms with Crippen LogP contribution in [0, 0.1) is 6.92 Å². The van der Waals surface area contributed by atoms with Crippen LogP contribution in [-0.4, -0.2) is 59.6 Å². The summed E-state index contributed by atoms with van der Waals surface area (Å²) in [5, 5.41) is 0. The van der Waals surface area contributed by atoms with Crippen LogP contribution in [0.25, 0.3) is 0 Å². The fraction of sp³-hybridized carbons (Fsp3) is 0.667. The number of amides is 1. The van der Waals surface area contributed by atoms with Gasteiger partial charge < -0.3 is 9.64 Å². The standard InChI is InChI=1S/C21H32N2O2/c1-16-5-7-17(8-6-16)13-20(24)23-11-9-22(10-12-23)18-14-19(15-18)25-21(2,3)4/h5-8,18-19H,9-15H2,1-4H3. The van der Waals surface area contributed by atoms with E-state index in [0.29, 0.717) is 18.6 Å². The van der Waals surface area contributed by atoms with Gasteiger partial charge >= 0.3 is 0 Å². The second-order valence-corrected chi connectivity index (χ2v) is 8.56. The normalized spacial score (nSPS) is 24.9. The van der Waals surface area contributed by atoms with Gasteiger partial charge in [0, 0.05) is 32.2 Å². The zero-order valence-corrected chi connectivity index (χ0v) is 16.1. The molecular formula is C21H32N2O2. The molecule has 0 unspecified atom stereocenters. The molecule has 4 nitrogen and oxygen atoms in total. The number of nitrogens with zero attached hydrogens (tertiary/aromatic N) is 2. The van der Waals surface area contributed by atoms with Crippen LogP contribution in [-0.2, 0) is 16.0 Å². The Kier molecular flexibility index (Phi) is 5.49. The predicted molar refractivity (Wildman–Crippen MR) is 101 cm³/mol. The lowest BCUT2D eigenvalue weighted by molar-refractivity contribution is -0.138. The van der Waals surface area contributed by atoms with E-state index in [0.717, 1.165) is 44.6 Å². The number of hydrogen-bond acceptors (Lipinski definition) is 3. The van der Waals surface area contributed by atoms with Crippen molar-refractivity contribution in [1.82, 2.24) is 9.80 Å². The Bertz CT molecular complexity index is 577. The first-order valence-corrected chi connectivity index (χ1v) is 9.55. The first kappa shape index (κ1) is 18.4. The predicted octanol–water partition coefficient (Wildman–Crippen LogP) is 3.03. The Morgan fingerprint density at radius 3 is 2.24 bits per heavy atom. The second kappa shape index (κ2) is 7.46. The average Bonchev–Trinajstić information content (AvgIpc) is 2.52. The fourth-order valence-electron chi connectivity index (χ4n) is 3.76. The van der Waals surface area contributed by atoms with Crippen LogP contribution in [0.15, 0.2) is 24.3 Å². The van der Waals surface area contributed by atoms with Gasteiger partial charge in [-0.05, 0) is 46.1 Å². The Morgan fingerprint density at radius 1 is 1.08 bits per heavy atom. The summed E-state index contributed by atoms with van der Waals surface area (Å²) in [6, 6.07) is 8.92. The molecule has 0 aromatic heterocycles. The Hall–Kier alpha value is -1.39. The molecule has 3 rings (SSSR count). The molecule has 1 heterocycles. The van der Waals surface area contributed by atoms with Crippen LogP contribution in [0.1, 0.15) is 44.7 Å².